The summed E-state index contributed by atoms with van der Waals surface area (Å²) in [5, 5.41) is 0. The molecule has 0 spiro atoms. The second kappa shape index (κ2) is 6.25. The van der Waals surface area contributed by atoms with Crippen molar-refractivity contribution >= 4 is 0 Å². The minimum absolute atomic E-state index is 0.395. The van der Waals surface area contributed by atoms with Gasteiger partial charge in [0.05, 0.1) is 12.8 Å². The Morgan fingerprint density at radius 2 is 1.95 bits per heavy atom. The second-order valence-corrected chi connectivity index (χ2v) is 5.58. The lowest BCUT2D eigenvalue weighted by Crippen LogP contribution is -2.33. The molecule has 0 aliphatic heterocycles. The first kappa shape index (κ1) is 13.4. The Hall–Kier alpha value is -1.58. The average molecular weight is 270 g/mol. The summed E-state index contributed by atoms with van der Waals surface area (Å²) in [5.74, 6) is 1.44. The number of hydrogen-bond donors (Lipinski definition) is 1. The average Bonchev–Trinajstić information content (AvgIpc) is 3.22. The molecule has 0 bridgehead atoms. The highest BCUT2D eigenvalue weighted by atomic mass is 16.3. The van der Waals surface area contributed by atoms with Crippen molar-refractivity contribution in [2.75, 3.05) is 13.1 Å². The van der Waals surface area contributed by atoms with Gasteiger partial charge in [-0.15, -0.1) is 0 Å². The fraction of sp³-hybridized carbons (Fsp3) is 0.412. The molecule has 1 atom stereocenters. The molecule has 1 heterocycles. The van der Waals surface area contributed by atoms with E-state index >= 15 is 0 Å². The molecule has 1 fully saturated rings. The number of hydrogen-bond acceptors (Lipinski definition) is 3. The lowest BCUT2D eigenvalue weighted by molar-refractivity contribution is 0.220. The Morgan fingerprint density at radius 1 is 1.15 bits per heavy atom. The van der Waals surface area contributed by atoms with Gasteiger partial charge in [-0.05, 0) is 30.5 Å². The van der Waals surface area contributed by atoms with E-state index in [0.717, 1.165) is 18.8 Å². The van der Waals surface area contributed by atoms with Crippen LogP contribution in [0.15, 0.2) is 53.1 Å². The van der Waals surface area contributed by atoms with Gasteiger partial charge in [0, 0.05) is 25.0 Å². The monoisotopic (exact) mass is 270 g/mol. The van der Waals surface area contributed by atoms with Gasteiger partial charge in [-0.2, -0.15) is 0 Å². The zero-order valence-corrected chi connectivity index (χ0v) is 11.7. The summed E-state index contributed by atoms with van der Waals surface area (Å²) in [6.07, 6.45) is 4.34. The highest BCUT2D eigenvalue weighted by molar-refractivity contribution is 5.20. The van der Waals surface area contributed by atoms with Gasteiger partial charge in [0.2, 0.25) is 0 Å². The van der Waals surface area contributed by atoms with E-state index in [1.54, 1.807) is 6.26 Å². The van der Waals surface area contributed by atoms with E-state index in [0.29, 0.717) is 18.5 Å². The zero-order valence-electron chi connectivity index (χ0n) is 11.7. The van der Waals surface area contributed by atoms with E-state index in [2.05, 4.69) is 41.3 Å². The van der Waals surface area contributed by atoms with Gasteiger partial charge >= 0.3 is 0 Å². The summed E-state index contributed by atoms with van der Waals surface area (Å²) < 4.78 is 5.49. The summed E-state index contributed by atoms with van der Waals surface area (Å²) in [7, 11) is 0. The van der Waals surface area contributed by atoms with Crippen LogP contribution in [0, 0.1) is 0 Å². The summed E-state index contributed by atoms with van der Waals surface area (Å²) in [5.41, 5.74) is 7.33. The lowest BCUT2D eigenvalue weighted by Gasteiger charge is -2.26. The van der Waals surface area contributed by atoms with Crippen molar-refractivity contribution in [1.82, 2.24) is 4.90 Å². The largest absolute Gasteiger partial charge is 0.468 e. The van der Waals surface area contributed by atoms with Crippen molar-refractivity contribution in [3.8, 4) is 0 Å². The van der Waals surface area contributed by atoms with Crippen molar-refractivity contribution in [3.05, 3.63) is 60.1 Å². The first-order valence-corrected chi connectivity index (χ1v) is 7.38. The number of nitrogens with zero attached hydrogens (tertiary/aromatic N) is 1. The van der Waals surface area contributed by atoms with Crippen LogP contribution < -0.4 is 5.73 Å². The maximum atomic E-state index is 6.00. The van der Waals surface area contributed by atoms with Crippen LogP contribution in [0.25, 0.3) is 0 Å². The molecule has 1 aliphatic carbocycles. The quantitative estimate of drug-likeness (QED) is 0.841. The second-order valence-electron chi connectivity index (χ2n) is 5.58. The van der Waals surface area contributed by atoms with Crippen molar-refractivity contribution < 1.29 is 4.42 Å². The Bertz CT molecular complexity index is 505. The van der Waals surface area contributed by atoms with Crippen LogP contribution in [0.1, 0.15) is 30.1 Å². The minimum Gasteiger partial charge on any atom is -0.468 e. The number of nitrogens with two attached hydrogens (primary N) is 1. The van der Waals surface area contributed by atoms with Gasteiger partial charge in [-0.25, -0.2) is 0 Å². The topological polar surface area (TPSA) is 42.4 Å². The molecule has 0 amide bonds. The summed E-state index contributed by atoms with van der Waals surface area (Å²) in [4.78, 5) is 2.52. The maximum Gasteiger partial charge on any atom is 0.117 e. The number of rotatable bonds is 7. The fourth-order valence-corrected chi connectivity index (χ4v) is 2.71. The van der Waals surface area contributed by atoms with Crippen molar-refractivity contribution in [3.63, 3.8) is 0 Å². The summed E-state index contributed by atoms with van der Waals surface area (Å²) in [6, 6.07) is 15.3. The third kappa shape index (κ3) is 3.30. The van der Waals surface area contributed by atoms with Crippen LogP contribution in [0.5, 0.6) is 0 Å². The first-order valence-electron chi connectivity index (χ1n) is 7.38. The van der Waals surface area contributed by atoms with Crippen LogP contribution >= 0.6 is 0 Å². The maximum absolute atomic E-state index is 6.00. The molecule has 106 valence electrons. The molecule has 0 saturated heterocycles. The zero-order chi connectivity index (χ0) is 13.8. The van der Waals surface area contributed by atoms with E-state index in [1.807, 2.05) is 6.07 Å². The van der Waals surface area contributed by atoms with Crippen LogP contribution in [0.3, 0.4) is 0 Å². The Labute approximate surface area is 120 Å². The fourth-order valence-electron chi connectivity index (χ4n) is 2.71. The highest BCUT2D eigenvalue weighted by Crippen LogP contribution is 2.30. The molecule has 2 N–H and O–H groups in total. The van der Waals surface area contributed by atoms with Gasteiger partial charge in [0.1, 0.15) is 5.76 Å². The molecule has 1 aromatic heterocycles. The van der Waals surface area contributed by atoms with Gasteiger partial charge < -0.3 is 10.2 Å². The smallest absolute Gasteiger partial charge is 0.117 e. The van der Waals surface area contributed by atoms with Crippen molar-refractivity contribution in [2.24, 2.45) is 5.73 Å². The Kier molecular flexibility index (Phi) is 4.19. The molecule has 2 aromatic rings. The minimum atomic E-state index is 0.395. The molecule has 1 saturated carbocycles. The Morgan fingerprint density at radius 3 is 2.55 bits per heavy atom. The van der Waals surface area contributed by atoms with Crippen molar-refractivity contribution in [2.45, 2.75) is 31.3 Å². The Balaban J connectivity index is 1.68. The standard InChI is InChI=1S/C17H22N2O/c18-11-15(14-5-2-1-3-6-14)12-19(16-8-9-16)13-17-7-4-10-20-17/h1-7,10,15-16H,8-9,11-13,18H2. The molecule has 3 nitrogen and oxygen atoms in total. The molecule has 1 aliphatic rings. The van der Waals surface area contributed by atoms with Crippen molar-refractivity contribution in [1.29, 1.82) is 0 Å². The van der Waals surface area contributed by atoms with Crippen LogP contribution in [0.2, 0.25) is 0 Å². The summed E-state index contributed by atoms with van der Waals surface area (Å²) in [6.45, 7) is 2.58. The molecule has 0 radical (unpaired) electrons. The van der Waals surface area contributed by atoms with E-state index in [9.17, 15) is 0 Å². The predicted octanol–water partition coefficient (Wildman–Crippen LogP) is 2.99. The molecule has 1 unspecified atom stereocenters. The van der Waals surface area contributed by atoms with Crippen LogP contribution in [-0.2, 0) is 6.54 Å². The molecule has 3 rings (SSSR count). The molecule has 1 aromatic carbocycles. The van der Waals surface area contributed by atoms with E-state index in [1.165, 1.54) is 18.4 Å². The third-order valence-electron chi connectivity index (χ3n) is 4.01. The molecule has 3 heteroatoms. The normalized spacial score (nSPS) is 16.5. The van der Waals surface area contributed by atoms with Crippen LogP contribution in [-0.4, -0.2) is 24.0 Å². The van der Waals surface area contributed by atoms with Crippen LogP contribution in [0.4, 0.5) is 0 Å². The van der Waals surface area contributed by atoms with Gasteiger partial charge in [0.25, 0.3) is 0 Å². The highest BCUT2D eigenvalue weighted by Gasteiger charge is 2.31. The first-order chi connectivity index (χ1) is 9.86. The SMILES string of the molecule is NCC(CN(Cc1ccco1)C1CC1)c1ccccc1. The van der Waals surface area contributed by atoms with Gasteiger partial charge in [0.15, 0.2) is 0 Å². The van der Waals surface area contributed by atoms with E-state index in [4.69, 9.17) is 10.2 Å². The summed E-state index contributed by atoms with van der Waals surface area (Å²) >= 11 is 0. The van der Waals surface area contributed by atoms with E-state index in [-0.39, 0.29) is 0 Å². The molecular weight excluding hydrogens is 248 g/mol. The predicted molar refractivity (Wildman–Crippen MR) is 80.4 cm³/mol. The van der Waals surface area contributed by atoms with Gasteiger partial charge in [-0.3, -0.25) is 4.90 Å². The molecule has 20 heavy (non-hydrogen) atoms. The van der Waals surface area contributed by atoms with E-state index < -0.39 is 0 Å². The van der Waals surface area contributed by atoms with Gasteiger partial charge in [-0.1, -0.05) is 30.3 Å². The number of furan rings is 1. The number of benzene rings is 1. The lowest BCUT2D eigenvalue weighted by atomic mass is 9.98. The molecular formula is C17H22N2O. The third-order valence-corrected chi connectivity index (χ3v) is 4.01.